The fourth-order valence-electron chi connectivity index (χ4n) is 3.37. The van der Waals surface area contributed by atoms with Gasteiger partial charge in [-0.1, -0.05) is 25.1 Å². The minimum absolute atomic E-state index is 0.0647. The number of carboxylic acid groups (broad SMARTS) is 1. The number of hydrogen-bond acceptors (Lipinski definition) is 4. The van der Waals surface area contributed by atoms with Gasteiger partial charge in [-0.25, -0.2) is 4.79 Å². The minimum atomic E-state index is -0.803. The van der Waals surface area contributed by atoms with E-state index in [1.54, 1.807) is 11.3 Å². The number of aliphatic carboxylic acids is 1. The molecule has 3 rings (SSSR count). The van der Waals surface area contributed by atoms with Gasteiger partial charge in [0, 0.05) is 28.2 Å². The van der Waals surface area contributed by atoms with Crippen LogP contribution in [0.25, 0.3) is 10.1 Å². The van der Waals surface area contributed by atoms with Crippen LogP contribution in [-0.4, -0.2) is 53.7 Å². The van der Waals surface area contributed by atoms with Crippen molar-refractivity contribution in [1.82, 2.24) is 15.5 Å². The number of urea groups is 1. The Labute approximate surface area is 157 Å². The number of fused-ring (bicyclic) bond motifs is 1. The fraction of sp³-hybridized carbons (Fsp3) is 0.474. The van der Waals surface area contributed by atoms with Crippen LogP contribution in [0.2, 0.25) is 0 Å². The number of thiophene rings is 1. The topological polar surface area (TPSA) is 81.7 Å². The first kappa shape index (κ1) is 18.7. The Balaban J connectivity index is 1.35. The molecule has 1 heterocycles. The van der Waals surface area contributed by atoms with Gasteiger partial charge < -0.3 is 15.7 Å². The lowest BCUT2D eigenvalue weighted by molar-refractivity contribution is -0.139. The lowest BCUT2D eigenvalue weighted by Gasteiger charge is -2.42. The number of carboxylic acids is 1. The summed E-state index contributed by atoms with van der Waals surface area (Å²) in [7, 11) is 0. The van der Waals surface area contributed by atoms with Crippen molar-refractivity contribution in [3.05, 3.63) is 35.2 Å². The van der Waals surface area contributed by atoms with E-state index in [0.717, 1.165) is 19.3 Å². The summed E-state index contributed by atoms with van der Waals surface area (Å²) in [4.78, 5) is 26.1. The van der Waals surface area contributed by atoms with Gasteiger partial charge in [-0.2, -0.15) is 0 Å². The summed E-state index contributed by atoms with van der Waals surface area (Å²) in [6.45, 7) is 3.35. The molecule has 0 unspecified atom stereocenters. The van der Waals surface area contributed by atoms with Crippen molar-refractivity contribution in [2.24, 2.45) is 0 Å². The number of amides is 2. The average molecular weight is 375 g/mol. The normalized spacial score (nSPS) is 19.3. The van der Waals surface area contributed by atoms with E-state index < -0.39 is 5.97 Å². The second kappa shape index (κ2) is 8.51. The van der Waals surface area contributed by atoms with Gasteiger partial charge in [-0.15, -0.1) is 11.3 Å². The summed E-state index contributed by atoms with van der Waals surface area (Å²) in [5.41, 5.74) is 0. The number of likely N-dealkylation sites (N-methyl/N-ethyl adjacent to an activating group) is 1. The average Bonchev–Trinajstić information content (AvgIpc) is 2.98. The molecule has 1 saturated carbocycles. The van der Waals surface area contributed by atoms with E-state index in [0.29, 0.717) is 13.1 Å². The standard InChI is InChI=1S/C19H25N3O3S/c1-2-22(12-18(23)24)15-10-14(11-15)21-19(25)20-8-7-16-9-13-5-3-4-6-17(13)26-16/h3-6,9,14-15H,2,7-8,10-12H2,1H3,(H,23,24)(H2,20,21,25). The molecule has 7 heteroatoms. The van der Waals surface area contributed by atoms with Crippen LogP contribution in [0, 0.1) is 0 Å². The number of nitrogens with zero attached hydrogens (tertiary/aromatic N) is 1. The lowest BCUT2D eigenvalue weighted by Crippen LogP contribution is -2.56. The van der Waals surface area contributed by atoms with Gasteiger partial charge in [0.2, 0.25) is 0 Å². The molecule has 0 bridgehead atoms. The summed E-state index contributed by atoms with van der Waals surface area (Å²) >= 11 is 1.76. The monoisotopic (exact) mass is 375 g/mol. The van der Waals surface area contributed by atoms with Crippen molar-refractivity contribution in [1.29, 1.82) is 0 Å². The van der Waals surface area contributed by atoms with E-state index in [1.165, 1.54) is 15.0 Å². The molecule has 1 aliphatic carbocycles. The first-order valence-electron chi connectivity index (χ1n) is 9.02. The van der Waals surface area contributed by atoms with Gasteiger partial charge in [0.05, 0.1) is 6.54 Å². The zero-order valence-electron chi connectivity index (χ0n) is 14.9. The Morgan fingerprint density at radius 3 is 2.77 bits per heavy atom. The van der Waals surface area contributed by atoms with Crippen LogP contribution in [0.3, 0.4) is 0 Å². The summed E-state index contributed by atoms with van der Waals surface area (Å²) < 4.78 is 1.27. The third kappa shape index (κ3) is 4.74. The molecule has 2 amide bonds. The molecule has 6 nitrogen and oxygen atoms in total. The molecular weight excluding hydrogens is 350 g/mol. The van der Waals surface area contributed by atoms with Crippen LogP contribution in [0.15, 0.2) is 30.3 Å². The summed E-state index contributed by atoms with van der Waals surface area (Å²) in [5.74, 6) is -0.803. The Morgan fingerprint density at radius 1 is 1.31 bits per heavy atom. The van der Waals surface area contributed by atoms with Crippen LogP contribution < -0.4 is 10.6 Å². The summed E-state index contributed by atoms with van der Waals surface area (Å²) in [6.07, 6.45) is 2.44. The zero-order chi connectivity index (χ0) is 18.5. The minimum Gasteiger partial charge on any atom is -0.480 e. The second-order valence-electron chi connectivity index (χ2n) is 6.68. The highest BCUT2D eigenvalue weighted by molar-refractivity contribution is 7.19. The van der Waals surface area contributed by atoms with Gasteiger partial charge in [0.1, 0.15) is 0 Å². The van der Waals surface area contributed by atoms with Crippen molar-refractivity contribution < 1.29 is 14.7 Å². The van der Waals surface area contributed by atoms with Crippen molar-refractivity contribution in [3.63, 3.8) is 0 Å². The van der Waals surface area contributed by atoms with Crippen LogP contribution in [-0.2, 0) is 11.2 Å². The van der Waals surface area contributed by atoms with Gasteiger partial charge in [0.25, 0.3) is 0 Å². The quantitative estimate of drug-likeness (QED) is 0.663. The maximum absolute atomic E-state index is 12.0. The highest BCUT2D eigenvalue weighted by Gasteiger charge is 2.34. The van der Waals surface area contributed by atoms with Crippen LogP contribution in [0.4, 0.5) is 4.79 Å². The van der Waals surface area contributed by atoms with Crippen molar-refractivity contribution >= 4 is 33.4 Å². The van der Waals surface area contributed by atoms with Crippen LogP contribution in [0.5, 0.6) is 0 Å². The molecule has 1 aliphatic rings. The molecule has 2 aromatic rings. The molecule has 1 aromatic carbocycles. The number of nitrogens with one attached hydrogen (secondary N) is 2. The fourth-order valence-corrected chi connectivity index (χ4v) is 4.44. The Bertz CT molecular complexity index is 737. The van der Waals surface area contributed by atoms with Gasteiger partial charge in [-0.05, 0) is 43.3 Å². The Hall–Kier alpha value is -2.12. The molecule has 0 atom stereocenters. The number of carbonyl (C=O) groups is 2. The van der Waals surface area contributed by atoms with Gasteiger partial charge in [-0.3, -0.25) is 9.69 Å². The predicted octanol–water partition coefficient (Wildman–Crippen LogP) is 2.68. The number of hydrogen-bond donors (Lipinski definition) is 3. The SMILES string of the molecule is CCN(CC(=O)O)C1CC(NC(=O)NCCc2cc3ccccc3s2)C1. The third-order valence-electron chi connectivity index (χ3n) is 4.84. The molecule has 0 aliphatic heterocycles. The van der Waals surface area contributed by atoms with Crippen molar-refractivity contribution in [2.75, 3.05) is 19.6 Å². The summed E-state index contributed by atoms with van der Waals surface area (Å²) in [5, 5.41) is 16.0. The van der Waals surface area contributed by atoms with Crippen molar-refractivity contribution in [3.8, 4) is 0 Å². The number of carbonyl (C=O) groups excluding carboxylic acids is 1. The molecule has 1 fully saturated rings. The largest absolute Gasteiger partial charge is 0.480 e. The van der Waals surface area contributed by atoms with Crippen LogP contribution in [0.1, 0.15) is 24.6 Å². The molecule has 0 spiro atoms. The van der Waals surface area contributed by atoms with E-state index in [-0.39, 0.29) is 24.7 Å². The van der Waals surface area contributed by atoms with E-state index in [2.05, 4.69) is 28.8 Å². The van der Waals surface area contributed by atoms with E-state index in [1.807, 2.05) is 24.0 Å². The third-order valence-corrected chi connectivity index (χ3v) is 6.02. The molecule has 0 saturated heterocycles. The molecule has 1 aromatic heterocycles. The molecule has 0 radical (unpaired) electrons. The maximum atomic E-state index is 12.0. The van der Waals surface area contributed by atoms with Gasteiger partial charge in [0.15, 0.2) is 0 Å². The van der Waals surface area contributed by atoms with Crippen molar-refractivity contribution in [2.45, 2.75) is 38.3 Å². The number of benzene rings is 1. The van der Waals surface area contributed by atoms with Gasteiger partial charge >= 0.3 is 12.0 Å². The van der Waals surface area contributed by atoms with E-state index in [9.17, 15) is 9.59 Å². The zero-order valence-corrected chi connectivity index (χ0v) is 15.7. The Morgan fingerprint density at radius 2 is 2.08 bits per heavy atom. The Kier molecular flexibility index (Phi) is 6.11. The first-order valence-corrected chi connectivity index (χ1v) is 9.84. The number of rotatable bonds is 8. The first-order chi connectivity index (χ1) is 12.5. The van der Waals surface area contributed by atoms with E-state index in [4.69, 9.17) is 5.11 Å². The molecule has 3 N–H and O–H groups in total. The lowest BCUT2D eigenvalue weighted by atomic mass is 9.85. The summed E-state index contributed by atoms with van der Waals surface area (Å²) in [6, 6.07) is 10.7. The second-order valence-corrected chi connectivity index (χ2v) is 7.85. The molecular formula is C19H25N3O3S. The molecule has 26 heavy (non-hydrogen) atoms. The highest BCUT2D eigenvalue weighted by atomic mass is 32.1. The smallest absolute Gasteiger partial charge is 0.317 e. The highest BCUT2D eigenvalue weighted by Crippen LogP contribution is 2.26. The van der Waals surface area contributed by atoms with Crippen LogP contribution >= 0.6 is 11.3 Å². The maximum Gasteiger partial charge on any atom is 0.317 e. The predicted molar refractivity (Wildman–Crippen MR) is 104 cm³/mol. The molecule has 140 valence electrons. The van der Waals surface area contributed by atoms with E-state index >= 15 is 0 Å².